The van der Waals surface area contributed by atoms with Crippen LogP contribution in [-0.2, 0) is 16.1 Å². The molecule has 19 heavy (non-hydrogen) atoms. The Bertz CT molecular complexity index is 439. The number of amides is 2. The number of carbonyl (C=O) groups is 2. The number of hydrogen-bond acceptors (Lipinski definition) is 2. The second-order valence-electron chi connectivity index (χ2n) is 5.00. The van der Waals surface area contributed by atoms with E-state index in [2.05, 4.69) is 0 Å². The van der Waals surface area contributed by atoms with Crippen LogP contribution < -0.4 is 0 Å². The molecule has 2 rings (SSSR count). The topological polar surface area (TPSA) is 40.6 Å². The molecule has 0 radical (unpaired) electrons. The van der Waals surface area contributed by atoms with Crippen LogP contribution in [0.5, 0.6) is 0 Å². The number of hydrogen-bond donors (Lipinski definition) is 0. The van der Waals surface area contributed by atoms with Crippen LogP contribution in [0.1, 0.15) is 24.8 Å². The Morgan fingerprint density at radius 3 is 2.37 bits per heavy atom. The molecular formula is C15H20N2O2. The molecule has 1 heterocycles. The molecular weight excluding hydrogens is 240 g/mol. The Morgan fingerprint density at radius 1 is 1.11 bits per heavy atom. The molecule has 4 nitrogen and oxygen atoms in total. The van der Waals surface area contributed by atoms with Crippen molar-refractivity contribution in [2.75, 3.05) is 20.1 Å². The van der Waals surface area contributed by atoms with Crippen LogP contribution in [0.4, 0.5) is 0 Å². The van der Waals surface area contributed by atoms with E-state index < -0.39 is 5.91 Å². The quantitative estimate of drug-likeness (QED) is 0.759. The van der Waals surface area contributed by atoms with Crippen LogP contribution in [0, 0.1) is 0 Å². The van der Waals surface area contributed by atoms with E-state index in [0.717, 1.165) is 24.8 Å². The van der Waals surface area contributed by atoms with Gasteiger partial charge in [-0.15, -0.1) is 0 Å². The smallest absolute Gasteiger partial charge is 0.312 e. The molecule has 1 aliphatic heterocycles. The van der Waals surface area contributed by atoms with Gasteiger partial charge < -0.3 is 9.80 Å². The van der Waals surface area contributed by atoms with Gasteiger partial charge in [-0.05, 0) is 24.8 Å². The van der Waals surface area contributed by atoms with Gasteiger partial charge in [0.1, 0.15) is 0 Å². The van der Waals surface area contributed by atoms with E-state index in [1.807, 2.05) is 30.3 Å². The number of carbonyl (C=O) groups excluding carboxylic acids is 2. The Hall–Kier alpha value is -1.84. The fraction of sp³-hybridized carbons (Fsp3) is 0.467. The zero-order valence-corrected chi connectivity index (χ0v) is 11.3. The third kappa shape index (κ3) is 3.56. The van der Waals surface area contributed by atoms with Gasteiger partial charge in [0.15, 0.2) is 0 Å². The summed E-state index contributed by atoms with van der Waals surface area (Å²) >= 11 is 0. The molecule has 0 aliphatic carbocycles. The van der Waals surface area contributed by atoms with Gasteiger partial charge in [0.05, 0.1) is 0 Å². The minimum absolute atomic E-state index is 0.363. The van der Waals surface area contributed by atoms with Gasteiger partial charge in [0.25, 0.3) is 0 Å². The van der Waals surface area contributed by atoms with Crippen molar-refractivity contribution in [1.29, 1.82) is 0 Å². The Morgan fingerprint density at radius 2 is 1.74 bits per heavy atom. The van der Waals surface area contributed by atoms with Crippen molar-refractivity contribution >= 4 is 11.8 Å². The van der Waals surface area contributed by atoms with Crippen molar-refractivity contribution in [3.8, 4) is 0 Å². The van der Waals surface area contributed by atoms with Gasteiger partial charge in [0.2, 0.25) is 0 Å². The predicted octanol–water partition coefficient (Wildman–Crippen LogP) is 1.66. The first kappa shape index (κ1) is 13.6. The lowest BCUT2D eigenvalue weighted by molar-refractivity contribution is -0.151. The summed E-state index contributed by atoms with van der Waals surface area (Å²) in [5, 5.41) is 0. The molecule has 1 saturated heterocycles. The first-order chi connectivity index (χ1) is 9.18. The molecule has 1 fully saturated rings. The third-order valence-electron chi connectivity index (χ3n) is 3.44. The summed E-state index contributed by atoms with van der Waals surface area (Å²) in [6.45, 7) is 1.90. The fourth-order valence-electron chi connectivity index (χ4n) is 2.32. The lowest BCUT2D eigenvalue weighted by Crippen LogP contribution is -2.45. The molecule has 0 bridgehead atoms. The van der Waals surface area contributed by atoms with Gasteiger partial charge in [-0.3, -0.25) is 9.59 Å². The summed E-state index contributed by atoms with van der Waals surface area (Å²) in [6.07, 6.45) is 3.15. The number of nitrogens with zero attached hydrogens (tertiary/aromatic N) is 2. The second-order valence-corrected chi connectivity index (χ2v) is 5.00. The number of likely N-dealkylation sites (tertiary alicyclic amines) is 1. The van der Waals surface area contributed by atoms with Crippen LogP contribution >= 0.6 is 0 Å². The Balaban J connectivity index is 1.93. The van der Waals surface area contributed by atoms with Gasteiger partial charge in [-0.25, -0.2) is 0 Å². The Labute approximate surface area is 114 Å². The molecule has 0 N–H and O–H groups in total. The maximum Gasteiger partial charge on any atom is 0.312 e. The van der Waals surface area contributed by atoms with Crippen molar-refractivity contribution < 1.29 is 9.59 Å². The Kier molecular flexibility index (Phi) is 4.55. The maximum atomic E-state index is 12.1. The summed E-state index contributed by atoms with van der Waals surface area (Å²) in [6, 6.07) is 9.70. The van der Waals surface area contributed by atoms with E-state index in [0.29, 0.717) is 19.6 Å². The van der Waals surface area contributed by atoms with Crippen LogP contribution in [-0.4, -0.2) is 41.8 Å². The summed E-state index contributed by atoms with van der Waals surface area (Å²) in [7, 11) is 1.68. The van der Waals surface area contributed by atoms with Crippen LogP contribution in [0.15, 0.2) is 30.3 Å². The number of benzene rings is 1. The molecule has 1 aromatic rings. The minimum atomic E-state index is -0.411. The van der Waals surface area contributed by atoms with Crippen molar-refractivity contribution in [3.63, 3.8) is 0 Å². The molecule has 0 saturated carbocycles. The molecule has 1 aliphatic rings. The second kappa shape index (κ2) is 6.36. The van der Waals surface area contributed by atoms with Gasteiger partial charge in [-0.1, -0.05) is 30.3 Å². The highest BCUT2D eigenvalue weighted by Gasteiger charge is 2.25. The van der Waals surface area contributed by atoms with Gasteiger partial charge in [-0.2, -0.15) is 0 Å². The van der Waals surface area contributed by atoms with E-state index in [1.54, 1.807) is 11.9 Å². The van der Waals surface area contributed by atoms with Crippen molar-refractivity contribution in [1.82, 2.24) is 9.80 Å². The van der Waals surface area contributed by atoms with E-state index in [4.69, 9.17) is 0 Å². The summed E-state index contributed by atoms with van der Waals surface area (Å²) in [4.78, 5) is 27.3. The van der Waals surface area contributed by atoms with E-state index in [-0.39, 0.29) is 5.91 Å². The zero-order valence-electron chi connectivity index (χ0n) is 11.3. The highest BCUT2D eigenvalue weighted by molar-refractivity contribution is 6.34. The molecule has 4 heteroatoms. The monoisotopic (exact) mass is 260 g/mol. The molecule has 0 aromatic heterocycles. The summed E-state index contributed by atoms with van der Waals surface area (Å²) in [5.74, 6) is -0.774. The number of likely N-dealkylation sites (N-methyl/N-ethyl adjacent to an activating group) is 1. The fourth-order valence-corrected chi connectivity index (χ4v) is 2.32. The average Bonchev–Trinajstić information content (AvgIpc) is 2.47. The lowest BCUT2D eigenvalue weighted by Gasteiger charge is -2.28. The highest BCUT2D eigenvalue weighted by Crippen LogP contribution is 2.10. The first-order valence-electron chi connectivity index (χ1n) is 6.77. The average molecular weight is 260 g/mol. The predicted molar refractivity (Wildman–Crippen MR) is 73.3 cm³/mol. The minimum Gasteiger partial charge on any atom is -0.334 e. The van der Waals surface area contributed by atoms with Crippen molar-refractivity contribution in [2.45, 2.75) is 25.8 Å². The summed E-state index contributed by atoms with van der Waals surface area (Å²) in [5.41, 5.74) is 1.03. The molecule has 2 amide bonds. The first-order valence-corrected chi connectivity index (χ1v) is 6.77. The van der Waals surface area contributed by atoms with Gasteiger partial charge >= 0.3 is 11.8 Å². The molecule has 0 atom stereocenters. The van der Waals surface area contributed by atoms with E-state index in [1.165, 1.54) is 4.90 Å². The standard InChI is InChI=1S/C15H20N2O2/c1-16(12-13-8-4-2-5-9-13)14(18)15(19)17-10-6-3-7-11-17/h2,4-5,8-9H,3,6-7,10-12H2,1H3. The zero-order chi connectivity index (χ0) is 13.7. The molecule has 102 valence electrons. The van der Waals surface area contributed by atoms with E-state index >= 15 is 0 Å². The molecule has 1 aromatic carbocycles. The highest BCUT2D eigenvalue weighted by atomic mass is 16.2. The van der Waals surface area contributed by atoms with Crippen molar-refractivity contribution in [2.24, 2.45) is 0 Å². The van der Waals surface area contributed by atoms with Crippen LogP contribution in [0.2, 0.25) is 0 Å². The SMILES string of the molecule is CN(Cc1ccccc1)C(=O)C(=O)N1CCCCC1. The largest absolute Gasteiger partial charge is 0.334 e. The molecule has 0 spiro atoms. The van der Waals surface area contributed by atoms with Crippen LogP contribution in [0.3, 0.4) is 0 Å². The maximum absolute atomic E-state index is 12.1. The van der Waals surface area contributed by atoms with Crippen LogP contribution in [0.25, 0.3) is 0 Å². The van der Waals surface area contributed by atoms with E-state index in [9.17, 15) is 9.59 Å². The number of piperidine rings is 1. The summed E-state index contributed by atoms with van der Waals surface area (Å²) < 4.78 is 0. The normalized spacial score (nSPS) is 15.1. The van der Waals surface area contributed by atoms with Crippen molar-refractivity contribution in [3.05, 3.63) is 35.9 Å². The lowest BCUT2D eigenvalue weighted by atomic mass is 10.1. The number of rotatable bonds is 2. The van der Waals surface area contributed by atoms with Gasteiger partial charge in [0, 0.05) is 26.7 Å². The molecule has 0 unspecified atom stereocenters. The third-order valence-corrected chi connectivity index (χ3v) is 3.44.